The lowest BCUT2D eigenvalue weighted by Crippen LogP contribution is -2.22. The van der Waals surface area contributed by atoms with E-state index in [0.717, 1.165) is 54.5 Å². The predicted octanol–water partition coefficient (Wildman–Crippen LogP) is 4.51. The third-order valence-electron chi connectivity index (χ3n) is 5.95. The standard InChI is InChI=1S/C23H32N6O2S/c1-3-5-15-24-23-25-16-20-21(17-11-13-19(14-12-17)32(30,31)26-4-2)28-29(22(20)27-23)18-9-7-6-8-10-18/h11-14,16,18,26H,3-10,15H2,1-2H3,(H,24,25,27). The molecule has 1 saturated carbocycles. The van der Waals surface area contributed by atoms with Gasteiger partial charge in [0.15, 0.2) is 5.65 Å². The summed E-state index contributed by atoms with van der Waals surface area (Å²) >= 11 is 0. The molecule has 8 nitrogen and oxygen atoms in total. The number of benzene rings is 1. The molecule has 3 aromatic rings. The van der Waals surface area contributed by atoms with Crippen LogP contribution >= 0.6 is 0 Å². The fraction of sp³-hybridized carbons (Fsp3) is 0.522. The molecule has 2 heterocycles. The number of hydrogen-bond acceptors (Lipinski definition) is 6. The van der Waals surface area contributed by atoms with Gasteiger partial charge in [-0.2, -0.15) is 10.1 Å². The minimum absolute atomic E-state index is 0.248. The Morgan fingerprint density at radius 3 is 2.53 bits per heavy atom. The van der Waals surface area contributed by atoms with Crippen LogP contribution in [0.15, 0.2) is 35.4 Å². The largest absolute Gasteiger partial charge is 0.354 e. The van der Waals surface area contributed by atoms with Crippen LogP contribution in [-0.4, -0.2) is 41.3 Å². The van der Waals surface area contributed by atoms with Crippen LogP contribution in [0.4, 0.5) is 5.95 Å². The van der Waals surface area contributed by atoms with E-state index in [1.807, 2.05) is 18.3 Å². The molecule has 1 aliphatic carbocycles. The summed E-state index contributed by atoms with van der Waals surface area (Å²) in [6.07, 6.45) is 9.87. The first-order chi connectivity index (χ1) is 15.5. The van der Waals surface area contributed by atoms with Gasteiger partial charge in [0.05, 0.1) is 16.3 Å². The second-order valence-corrected chi connectivity index (χ2v) is 10.1. The molecular formula is C23H32N6O2S. The van der Waals surface area contributed by atoms with E-state index in [4.69, 9.17) is 10.1 Å². The molecule has 0 atom stereocenters. The zero-order valence-electron chi connectivity index (χ0n) is 18.8. The van der Waals surface area contributed by atoms with Crippen LogP contribution in [0.3, 0.4) is 0 Å². The molecule has 0 radical (unpaired) electrons. The quantitative estimate of drug-likeness (QED) is 0.459. The highest BCUT2D eigenvalue weighted by atomic mass is 32.2. The minimum atomic E-state index is -3.49. The summed E-state index contributed by atoms with van der Waals surface area (Å²) in [7, 11) is -3.49. The van der Waals surface area contributed by atoms with E-state index in [1.54, 1.807) is 19.1 Å². The van der Waals surface area contributed by atoms with Crippen molar-refractivity contribution in [3.05, 3.63) is 30.5 Å². The number of fused-ring (bicyclic) bond motifs is 1. The first kappa shape index (κ1) is 22.7. The van der Waals surface area contributed by atoms with Crippen molar-refractivity contribution in [1.29, 1.82) is 0 Å². The van der Waals surface area contributed by atoms with Crippen molar-refractivity contribution in [2.45, 2.75) is 69.7 Å². The van der Waals surface area contributed by atoms with Gasteiger partial charge in [0.1, 0.15) is 5.69 Å². The Bertz CT molecular complexity index is 1150. The molecule has 0 aliphatic heterocycles. The lowest BCUT2D eigenvalue weighted by molar-refractivity contribution is 0.336. The highest BCUT2D eigenvalue weighted by Crippen LogP contribution is 2.34. The summed E-state index contributed by atoms with van der Waals surface area (Å²) < 4.78 is 29.2. The first-order valence-electron chi connectivity index (χ1n) is 11.6. The van der Waals surface area contributed by atoms with E-state index in [2.05, 4.69) is 26.6 Å². The Hall–Kier alpha value is -2.52. The molecule has 32 heavy (non-hydrogen) atoms. The average molecular weight is 457 g/mol. The Balaban J connectivity index is 1.74. The van der Waals surface area contributed by atoms with E-state index in [1.165, 1.54) is 19.3 Å². The monoisotopic (exact) mass is 456 g/mol. The van der Waals surface area contributed by atoms with Gasteiger partial charge in [0, 0.05) is 24.8 Å². The van der Waals surface area contributed by atoms with Gasteiger partial charge < -0.3 is 5.32 Å². The van der Waals surface area contributed by atoms with Crippen molar-refractivity contribution in [3.8, 4) is 11.3 Å². The van der Waals surface area contributed by atoms with Gasteiger partial charge in [0.25, 0.3) is 0 Å². The fourth-order valence-electron chi connectivity index (χ4n) is 4.24. The zero-order valence-corrected chi connectivity index (χ0v) is 19.7. The number of unbranched alkanes of at least 4 members (excludes halogenated alkanes) is 1. The van der Waals surface area contributed by atoms with E-state index in [-0.39, 0.29) is 4.90 Å². The molecule has 1 aliphatic rings. The van der Waals surface area contributed by atoms with Gasteiger partial charge in [-0.25, -0.2) is 22.8 Å². The summed E-state index contributed by atoms with van der Waals surface area (Å²) in [5, 5.41) is 9.17. The molecule has 0 spiro atoms. The predicted molar refractivity (Wildman–Crippen MR) is 127 cm³/mol. The smallest absolute Gasteiger partial charge is 0.240 e. The highest BCUT2D eigenvalue weighted by molar-refractivity contribution is 7.89. The zero-order chi connectivity index (χ0) is 22.6. The number of aromatic nitrogens is 4. The van der Waals surface area contributed by atoms with Gasteiger partial charge in [-0.3, -0.25) is 0 Å². The molecule has 0 amide bonds. The summed E-state index contributed by atoms with van der Waals surface area (Å²) in [4.78, 5) is 9.59. The molecule has 2 aromatic heterocycles. The lowest BCUT2D eigenvalue weighted by Gasteiger charge is -2.22. The van der Waals surface area contributed by atoms with Gasteiger partial charge >= 0.3 is 0 Å². The second-order valence-electron chi connectivity index (χ2n) is 8.32. The number of rotatable bonds is 9. The van der Waals surface area contributed by atoms with Crippen molar-refractivity contribution < 1.29 is 8.42 Å². The number of sulfonamides is 1. The molecule has 4 rings (SSSR count). The van der Waals surface area contributed by atoms with E-state index in [0.29, 0.717) is 18.5 Å². The van der Waals surface area contributed by atoms with Crippen LogP contribution in [0.5, 0.6) is 0 Å². The van der Waals surface area contributed by atoms with E-state index in [9.17, 15) is 8.42 Å². The Morgan fingerprint density at radius 1 is 1.09 bits per heavy atom. The SMILES string of the molecule is CCCCNc1ncc2c(-c3ccc(S(=O)(=O)NCC)cc3)nn(C3CCCCC3)c2n1. The van der Waals surface area contributed by atoms with Gasteiger partial charge in [-0.1, -0.05) is 51.7 Å². The fourth-order valence-corrected chi connectivity index (χ4v) is 5.29. The molecular weight excluding hydrogens is 424 g/mol. The molecule has 1 aromatic carbocycles. The van der Waals surface area contributed by atoms with Gasteiger partial charge in [-0.05, 0) is 31.4 Å². The number of hydrogen-bond donors (Lipinski definition) is 2. The van der Waals surface area contributed by atoms with Crippen LogP contribution < -0.4 is 10.0 Å². The maximum atomic E-state index is 12.3. The van der Waals surface area contributed by atoms with Gasteiger partial charge in [-0.15, -0.1) is 0 Å². The van der Waals surface area contributed by atoms with E-state index < -0.39 is 10.0 Å². The van der Waals surface area contributed by atoms with Crippen molar-refractivity contribution in [3.63, 3.8) is 0 Å². The summed E-state index contributed by atoms with van der Waals surface area (Å²) in [5.41, 5.74) is 2.48. The van der Waals surface area contributed by atoms with Crippen molar-refractivity contribution >= 4 is 27.0 Å². The van der Waals surface area contributed by atoms with E-state index >= 15 is 0 Å². The Morgan fingerprint density at radius 2 is 1.84 bits per heavy atom. The first-order valence-corrected chi connectivity index (χ1v) is 13.1. The topological polar surface area (TPSA) is 102 Å². The summed E-state index contributed by atoms with van der Waals surface area (Å²) in [6.45, 7) is 5.12. The maximum Gasteiger partial charge on any atom is 0.240 e. The molecule has 0 bridgehead atoms. The third-order valence-corrected chi connectivity index (χ3v) is 7.52. The minimum Gasteiger partial charge on any atom is -0.354 e. The second kappa shape index (κ2) is 9.95. The molecule has 0 saturated heterocycles. The van der Waals surface area contributed by atoms with Crippen LogP contribution in [-0.2, 0) is 10.0 Å². The summed E-state index contributed by atoms with van der Waals surface area (Å²) in [6, 6.07) is 7.20. The van der Waals surface area contributed by atoms with Crippen molar-refractivity contribution in [2.75, 3.05) is 18.4 Å². The summed E-state index contributed by atoms with van der Waals surface area (Å²) in [5.74, 6) is 0.626. The average Bonchev–Trinajstić information content (AvgIpc) is 3.19. The van der Waals surface area contributed by atoms with Crippen LogP contribution in [0.25, 0.3) is 22.3 Å². The van der Waals surface area contributed by atoms with Crippen LogP contribution in [0.1, 0.15) is 64.8 Å². The Labute approximate surface area is 189 Å². The molecule has 1 fully saturated rings. The maximum absolute atomic E-state index is 12.3. The third kappa shape index (κ3) is 4.78. The van der Waals surface area contributed by atoms with Crippen LogP contribution in [0.2, 0.25) is 0 Å². The number of nitrogens with one attached hydrogen (secondary N) is 2. The number of nitrogens with zero attached hydrogens (tertiary/aromatic N) is 4. The number of anilines is 1. The molecule has 0 unspecified atom stereocenters. The normalized spacial score (nSPS) is 15.3. The lowest BCUT2D eigenvalue weighted by atomic mass is 9.96. The van der Waals surface area contributed by atoms with Crippen LogP contribution in [0, 0.1) is 0 Å². The van der Waals surface area contributed by atoms with Gasteiger partial charge in [0.2, 0.25) is 16.0 Å². The molecule has 9 heteroatoms. The van der Waals surface area contributed by atoms with Crippen molar-refractivity contribution in [2.24, 2.45) is 0 Å². The molecule has 172 valence electrons. The van der Waals surface area contributed by atoms with Crippen molar-refractivity contribution in [1.82, 2.24) is 24.5 Å². The molecule has 2 N–H and O–H groups in total. The highest BCUT2D eigenvalue weighted by Gasteiger charge is 2.23. The Kier molecular flexibility index (Phi) is 7.05.